The summed E-state index contributed by atoms with van der Waals surface area (Å²) < 4.78 is 1.77. The summed E-state index contributed by atoms with van der Waals surface area (Å²) >= 11 is 1.46. The molecule has 0 fully saturated rings. The Morgan fingerprint density at radius 2 is 2.05 bits per heavy atom. The number of thioether (sulfide) groups is 1. The zero-order valence-electron chi connectivity index (χ0n) is 10.7. The molecule has 1 aromatic rings. The van der Waals surface area contributed by atoms with Crippen LogP contribution >= 0.6 is 11.8 Å². The number of aliphatic carboxylic acids is 1. The molecule has 1 aromatic heterocycles. The minimum Gasteiger partial charge on any atom is -0.481 e. The fourth-order valence-electron chi connectivity index (χ4n) is 1.58. The molecule has 0 amide bonds. The van der Waals surface area contributed by atoms with Crippen molar-refractivity contribution in [3.63, 3.8) is 0 Å². The Kier molecular flexibility index (Phi) is 6.08. The van der Waals surface area contributed by atoms with Crippen molar-refractivity contribution in [2.45, 2.75) is 24.0 Å². The highest BCUT2D eigenvalue weighted by atomic mass is 32.2. The van der Waals surface area contributed by atoms with Crippen molar-refractivity contribution in [1.82, 2.24) is 14.8 Å². The highest BCUT2D eigenvalue weighted by Gasteiger charge is 2.25. The molecule has 19 heavy (non-hydrogen) atoms. The average Bonchev–Trinajstić information content (AvgIpc) is 2.76. The molecule has 1 unspecified atom stereocenters. The van der Waals surface area contributed by atoms with Gasteiger partial charge in [-0.3, -0.25) is 4.79 Å². The summed E-state index contributed by atoms with van der Waals surface area (Å²) in [4.78, 5) is 11.3. The maximum Gasteiger partial charge on any atom is 0.314 e. The van der Waals surface area contributed by atoms with E-state index in [1.165, 1.54) is 11.8 Å². The van der Waals surface area contributed by atoms with Gasteiger partial charge in [0.25, 0.3) is 0 Å². The van der Waals surface area contributed by atoms with Gasteiger partial charge in [-0.05, 0) is 6.42 Å². The third-order valence-corrected chi connectivity index (χ3v) is 3.36. The number of aromatic nitrogens is 3. The van der Waals surface area contributed by atoms with E-state index >= 15 is 0 Å². The first-order valence-corrected chi connectivity index (χ1v) is 6.75. The monoisotopic (exact) mass is 279 g/mol. The number of rotatable bonds is 9. The number of hydrogen-bond donors (Lipinski definition) is 1. The smallest absolute Gasteiger partial charge is 0.314 e. The molecular formula is C13H17N3O2S. The van der Waals surface area contributed by atoms with E-state index in [0.717, 1.165) is 0 Å². The van der Waals surface area contributed by atoms with Crippen LogP contribution in [0.15, 0.2) is 43.1 Å². The van der Waals surface area contributed by atoms with Crippen LogP contribution in [-0.2, 0) is 11.3 Å². The molecule has 0 saturated heterocycles. The van der Waals surface area contributed by atoms with Gasteiger partial charge in [0.05, 0.1) is 0 Å². The van der Waals surface area contributed by atoms with Gasteiger partial charge in [0.2, 0.25) is 0 Å². The minimum absolute atomic E-state index is 0.316. The van der Waals surface area contributed by atoms with Crippen molar-refractivity contribution in [2.75, 3.05) is 5.75 Å². The summed E-state index contributed by atoms with van der Waals surface area (Å²) in [5, 5.41) is 18.0. The summed E-state index contributed by atoms with van der Waals surface area (Å²) in [7, 11) is 0. The predicted molar refractivity (Wildman–Crippen MR) is 76.3 cm³/mol. The quantitative estimate of drug-likeness (QED) is 0.555. The summed E-state index contributed by atoms with van der Waals surface area (Å²) in [6.45, 7) is 11.4. The van der Waals surface area contributed by atoms with Crippen LogP contribution in [0.25, 0.3) is 0 Å². The number of nitrogens with zero attached hydrogens (tertiary/aromatic N) is 3. The lowest BCUT2D eigenvalue weighted by Crippen LogP contribution is -2.17. The zero-order valence-corrected chi connectivity index (χ0v) is 11.5. The summed E-state index contributed by atoms with van der Waals surface area (Å²) in [6, 6.07) is 0. The molecule has 1 rings (SSSR count). The molecule has 102 valence electrons. The highest BCUT2D eigenvalue weighted by Crippen LogP contribution is 2.24. The topological polar surface area (TPSA) is 68.0 Å². The Morgan fingerprint density at radius 1 is 1.32 bits per heavy atom. The van der Waals surface area contributed by atoms with Crippen LogP contribution in [0.5, 0.6) is 0 Å². The first-order chi connectivity index (χ1) is 9.15. The van der Waals surface area contributed by atoms with Crippen molar-refractivity contribution >= 4 is 17.7 Å². The third kappa shape index (κ3) is 3.82. The Balaban J connectivity index is 3.13. The van der Waals surface area contributed by atoms with Crippen LogP contribution in [0.1, 0.15) is 18.2 Å². The Bertz CT molecular complexity index is 482. The molecule has 1 atom stereocenters. The van der Waals surface area contributed by atoms with Crippen molar-refractivity contribution in [3.8, 4) is 0 Å². The average molecular weight is 279 g/mol. The lowest BCUT2D eigenvalue weighted by Gasteiger charge is -2.12. The molecule has 5 nitrogen and oxygen atoms in total. The van der Waals surface area contributed by atoms with Crippen LogP contribution < -0.4 is 0 Å². The molecule has 6 heteroatoms. The fourth-order valence-corrected chi connectivity index (χ4v) is 2.27. The van der Waals surface area contributed by atoms with E-state index in [4.69, 9.17) is 0 Å². The van der Waals surface area contributed by atoms with Crippen molar-refractivity contribution in [2.24, 2.45) is 0 Å². The molecular weight excluding hydrogens is 262 g/mol. The lowest BCUT2D eigenvalue weighted by molar-refractivity contribution is -0.139. The number of carboxylic acids is 1. The van der Waals surface area contributed by atoms with E-state index in [1.54, 1.807) is 22.8 Å². The first-order valence-electron chi connectivity index (χ1n) is 5.77. The van der Waals surface area contributed by atoms with Gasteiger partial charge in [0.1, 0.15) is 11.7 Å². The second-order valence-corrected chi connectivity index (χ2v) is 4.74. The molecule has 0 bridgehead atoms. The number of carbonyl (C=O) groups is 1. The molecule has 0 saturated carbocycles. The van der Waals surface area contributed by atoms with Gasteiger partial charge >= 0.3 is 5.97 Å². The summed E-state index contributed by atoms with van der Waals surface area (Å²) in [5.41, 5.74) is 0. The molecule has 0 aliphatic carbocycles. The van der Waals surface area contributed by atoms with E-state index in [9.17, 15) is 9.90 Å². The van der Waals surface area contributed by atoms with Crippen LogP contribution in [0.2, 0.25) is 0 Å². The Hall–Kier alpha value is -1.82. The van der Waals surface area contributed by atoms with Gasteiger partial charge in [0, 0.05) is 12.3 Å². The van der Waals surface area contributed by atoms with E-state index in [2.05, 4.69) is 29.9 Å². The van der Waals surface area contributed by atoms with Gasteiger partial charge in [-0.15, -0.1) is 29.9 Å². The van der Waals surface area contributed by atoms with Gasteiger partial charge in [-0.25, -0.2) is 0 Å². The zero-order chi connectivity index (χ0) is 14.3. The van der Waals surface area contributed by atoms with Crippen molar-refractivity contribution in [1.29, 1.82) is 0 Å². The van der Waals surface area contributed by atoms with E-state index in [0.29, 0.717) is 29.7 Å². The van der Waals surface area contributed by atoms with E-state index in [1.807, 2.05) is 0 Å². The van der Waals surface area contributed by atoms with E-state index < -0.39 is 11.9 Å². The van der Waals surface area contributed by atoms with Gasteiger partial charge in [-0.1, -0.05) is 30.0 Å². The van der Waals surface area contributed by atoms with E-state index in [-0.39, 0.29) is 0 Å². The van der Waals surface area contributed by atoms with Gasteiger partial charge < -0.3 is 9.67 Å². The highest BCUT2D eigenvalue weighted by molar-refractivity contribution is 7.99. The molecule has 0 radical (unpaired) electrons. The summed E-state index contributed by atoms with van der Waals surface area (Å²) in [5.74, 6) is -0.547. The molecule has 0 spiro atoms. The molecule has 1 N–H and O–H groups in total. The van der Waals surface area contributed by atoms with Crippen LogP contribution in [0, 0.1) is 0 Å². The van der Waals surface area contributed by atoms with Crippen LogP contribution in [0.4, 0.5) is 0 Å². The van der Waals surface area contributed by atoms with Crippen LogP contribution in [-0.4, -0.2) is 31.6 Å². The number of hydrogen-bond acceptors (Lipinski definition) is 4. The largest absolute Gasteiger partial charge is 0.481 e. The normalized spacial score (nSPS) is 11.8. The van der Waals surface area contributed by atoms with Gasteiger partial charge in [-0.2, -0.15) is 0 Å². The molecule has 1 heterocycles. The Labute approximate surface area is 116 Å². The first kappa shape index (κ1) is 15.2. The lowest BCUT2D eigenvalue weighted by atomic mass is 10.1. The Morgan fingerprint density at radius 3 is 2.58 bits per heavy atom. The maximum absolute atomic E-state index is 11.3. The SMILES string of the molecule is C=CCSc1nnc(C(CC=C)C(=O)O)n1CC=C. The van der Waals surface area contributed by atoms with Crippen molar-refractivity contribution < 1.29 is 9.90 Å². The van der Waals surface area contributed by atoms with Gasteiger partial charge in [0.15, 0.2) is 5.16 Å². The fraction of sp³-hybridized carbons (Fsp3) is 0.308. The maximum atomic E-state index is 11.3. The predicted octanol–water partition coefficient (Wildman–Crippen LogP) is 2.49. The summed E-state index contributed by atoms with van der Waals surface area (Å²) in [6.07, 6.45) is 5.34. The molecule has 0 aliphatic heterocycles. The minimum atomic E-state index is -0.933. The number of carboxylic acid groups (broad SMARTS) is 1. The molecule has 0 aromatic carbocycles. The van der Waals surface area contributed by atoms with Crippen molar-refractivity contribution in [3.05, 3.63) is 43.8 Å². The third-order valence-electron chi connectivity index (χ3n) is 2.40. The second kappa shape index (κ2) is 7.58. The number of allylic oxidation sites excluding steroid dienone is 2. The second-order valence-electron chi connectivity index (χ2n) is 3.75. The molecule has 0 aliphatic rings. The standard InChI is InChI=1S/C13H17N3O2S/c1-4-7-10(12(17)18)11-14-15-13(19-9-6-3)16(11)8-5-2/h4-6,10H,1-3,7-9H2,(H,17,18). The van der Waals surface area contributed by atoms with Crippen LogP contribution in [0.3, 0.4) is 0 Å².